The number of carbonyl (C=O) groups is 1. The molecule has 1 N–H and O–H groups in total. The fraction of sp³-hybridized carbons (Fsp3) is 0.200. The first-order valence-electron chi connectivity index (χ1n) is 7.62. The molecule has 0 atom stereocenters. The maximum Gasteiger partial charge on any atom is 0.251 e. The molecule has 3 heterocycles. The summed E-state index contributed by atoms with van der Waals surface area (Å²) >= 11 is 1.55. The second-order valence-corrected chi connectivity index (χ2v) is 6.55. The Kier molecular flexibility index (Phi) is 3.94. The van der Waals surface area contributed by atoms with E-state index in [2.05, 4.69) is 30.9 Å². The van der Waals surface area contributed by atoms with Crippen LogP contribution in [-0.4, -0.2) is 47.3 Å². The molecular weight excluding hydrogens is 340 g/mol. The Morgan fingerprint density at radius 1 is 1.28 bits per heavy atom. The highest BCUT2D eigenvalue weighted by Gasteiger charge is 2.08. The van der Waals surface area contributed by atoms with Crippen LogP contribution >= 0.6 is 11.3 Å². The third-order valence-corrected chi connectivity index (χ3v) is 4.44. The molecule has 0 saturated heterocycles. The van der Waals surface area contributed by atoms with E-state index in [0.29, 0.717) is 18.5 Å². The van der Waals surface area contributed by atoms with Gasteiger partial charge < -0.3 is 5.32 Å². The average molecular weight is 354 g/mol. The quantitative estimate of drug-likeness (QED) is 0.574. The van der Waals surface area contributed by atoms with Crippen LogP contribution in [0.25, 0.3) is 10.6 Å². The number of carbonyl (C=O) groups excluding carboxylic acids is 1. The zero-order valence-electron chi connectivity index (χ0n) is 13.3. The lowest BCUT2D eigenvalue weighted by molar-refractivity contribution is 0.0954. The van der Waals surface area contributed by atoms with E-state index in [0.717, 1.165) is 21.3 Å². The number of aromatic nitrogens is 7. The molecule has 126 valence electrons. The van der Waals surface area contributed by atoms with Crippen molar-refractivity contribution in [3.63, 3.8) is 0 Å². The Labute approximate surface area is 146 Å². The van der Waals surface area contributed by atoms with E-state index in [1.165, 1.54) is 11.0 Å². The molecule has 10 heteroatoms. The number of amides is 1. The molecule has 0 radical (unpaired) electrons. The zero-order chi connectivity index (χ0) is 17.2. The van der Waals surface area contributed by atoms with Crippen LogP contribution in [0.1, 0.15) is 21.1 Å². The minimum atomic E-state index is -0.127. The Morgan fingerprint density at radius 2 is 2.12 bits per heavy atom. The number of aryl methyl sites for hydroxylation is 1. The first-order chi connectivity index (χ1) is 12.2. The predicted molar refractivity (Wildman–Crippen MR) is 90.8 cm³/mol. The summed E-state index contributed by atoms with van der Waals surface area (Å²) < 4.78 is 3.30. The lowest BCUT2D eigenvalue weighted by Crippen LogP contribution is -2.25. The van der Waals surface area contributed by atoms with Gasteiger partial charge in [0.25, 0.3) is 5.91 Å². The number of imidazole rings is 1. The summed E-state index contributed by atoms with van der Waals surface area (Å²) in [4.78, 5) is 17.6. The molecule has 0 saturated carbocycles. The summed E-state index contributed by atoms with van der Waals surface area (Å²) in [6, 6.07) is 7.07. The van der Waals surface area contributed by atoms with Crippen LogP contribution < -0.4 is 5.32 Å². The molecule has 0 fully saturated rings. The first-order valence-corrected chi connectivity index (χ1v) is 8.44. The molecule has 0 bridgehead atoms. The van der Waals surface area contributed by atoms with Crippen LogP contribution in [0.3, 0.4) is 0 Å². The summed E-state index contributed by atoms with van der Waals surface area (Å²) in [6.07, 6.45) is 4.05. The molecule has 1 amide bonds. The number of hydrogen-bond donors (Lipinski definition) is 1. The summed E-state index contributed by atoms with van der Waals surface area (Å²) in [6.45, 7) is 2.46. The van der Waals surface area contributed by atoms with Crippen molar-refractivity contribution in [1.29, 1.82) is 0 Å². The monoisotopic (exact) mass is 354 g/mol. The van der Waals surface area contributed by atoms with E-state index in [1.54, 1.807) is 40.1 Å². The number of fused-ring (bicyclic) bond motifs is 1. The molecular formula is C15H14N8OS. The van der Waals surface area contributed by atoms with Crippen LogP contribution in [0.4, 0.5) is 0 Å². The van der Waals surface area contributed by atoms with Gasteiger partial charge in [0.15, 0.2) is 0 Å². The summed E-state index contributed by atoms with van der Waals surface area (Å²) in [7, 11) is 0. The van der Waals surface area contributed by atoms with Gasteiger partial charge >= 0.3 is 0 Å². The van der Waals surface area contributed by atoms with Crippen LogP contribution in [0.2, 0.25) is 0 Å². The van der Waals surface area contributed by atoms with Gasteiger partial charge in [0.05, 0.1) is 17.6 Å². The normalized spacial score (nSPS) is 11.1. The highest BCUT2D eigenvalue weighted by Crippen LogP contribution is 2.13. The summed E-state index contributed by atoms with van der Waals surface area (Å²) in [5, 5.41) is 19.2. The largest absolute Gasteiger partial charge is 0.352 e. The van der Waals surface area contributed by atoms with Crippen LogP contribution in [0, 0.1) is 6.92 Å². The number of tetrazole rings is 1. The third kappa shape index (κ3) is 3.24. The van der Waals surface area contributed by atoms with Gasteiger partial charge in [0.1, 0.15) is 11.3 Å². The van der Waals surface area contributed by atoms with Gasteiger partial charge in [0, 0.05) is 18.5 Å². The van der Waals surface area contributed by atoms with Crippen molar-refractivity contribution in [2.75, 3.05) is 6.54 Å². The molecule has 0 spiro atoms. The second kappa shape index (κ2) is 6.40. The number of hydrogen-bond acceptors (Lipinski definition) is 7. The van der Waals surface area contributed by atoms with Crippen molar-refractivity contribution in [2.24, 2.45) is 0 Å². The molecule has 3 aromatic heterocycles. The maximum atomic E-state index is 12.2. The highest BCUT2D eigenvalue weighted by molar-refractivity contribution is 7.16. The molecule has 1 aromatic carbocycles. The van der Waals surface area contributed by atoms with Crippen molar-refractivity contribution >= 4 is 22.2 Å². The zero-order valence-corrected chi connectivity index (χ0v) is 14.1. The topological polar surface area (TPSA) is 103 Å². The Bertz CT molecular complexity index is 971. The summed E-state index contributed by atoms with van der Waals surface area (Å²) in [5.74, 6) is -0.127. The molecule has 4 rings (SSSR count). The van der Waals surface area contributed by atoms with Crippen molar-refractivity contribution in [3.8, 4) is 5.69 Å². The van der Waals surface area contributed by atoms with Gasteiger partial charge in [-0.2, -0.15) is 5.10 Å². The molecule has 0 aliphatic carbocycles. The number of nitrogens with one attached hydrogen (secondary N) is 1. The van der Waals surface area contributed by atoms with Crippen molar-refractivity contribution < 1.29 is 4.79 Å². The lowest BCUT2D eigenvalue weighted by atomic mass is 10.2. The Hall–Kier alpha value is -3.14. The molecule has 0 unspecified atom stereocenters. The van der Waals surface area contributed by atoms with Gasteiger partial charge in [-0.1, -0.05) is 11.3 Å². The van der Waals surface area contributed by atoms with Crippen LogP contribution in [0.5, 0.6) is 0 Å². The number of rotatable bonds is 5. The Morgan fingerprint density at radius 3 is 2.84 bits per heavy atom. The smallest absolute Gasteiger partial charge is 0.251 e. The third-order valence-electron chi connectivity index (χ3n) is 3.60. The second-order valence-electron chi connectivity index (χ2n) is 5.39. The predicted octanol–water partition coefficient (Wildman–Crippen LogP) is 1.05. The number of nitrogens with zero attached hydrogens (tertiary/aromatic N) is 7. The Balaban J connectivity index is 1.34. The van der Waals surface area contributed by atoms with E-state index in [4.69, 9.17) is 0 Å². The van der Waals surface area contributed by atoms with Crippen LogP contribution in [-0.2, 0) is 6.42 Å². The van der Waals surface area contributed by atoms with Crippen LogP contribution in [0.15, 0.2) is 36.8 Å². The molecule has 25 heavy (non-hydrogen) atoms. The SMILES string of the molecule is Cc1nn2cc(CCNC(=O)c3ccc(-n4cnnn4)cc3)nc2s1. The van der Waals surface area contributed by atoms with E-state index >= 15 is 0 Å². The van der Waals surface area contributed by atoms with Gasteiger partial charge in [0.2, 0.25) is 4.96 Å². The molecule has 4 aromatic rings. The average Bonchev–Trinajstić information content (AvgIpc) is 3.31. The van der Waals surface area contributed by atoms with Gasteiger partial charge in [-0.3, -0.25) is 4.79 Å². The lowest BCUT2D eigenvalue weighted by Gasteiger charge is -2.05. The van der Waals surface area contributed by atoms with Crippen molar-refractivity contribution in [1.82, 2.24) is 40.1 Å². The fourth-order valence-electron chi connectivity index (χ4n) is 2.42. The molecule has 9 nitrogen and oxygen atoms in total. The fourth-order valence-corrected chi connectivity index (χ4v) is 3.16. The van der Waals surface area contributed by atoms with Crippen molar-refractivity contribution in [3.05, 3.63) is 53.1 Å². The van der Waals surface area contributed by atoms with E-state index in [1.807, 2.05) is 13.1 Å². The maximum absolute atomic E-state index is 12.2. The van der Waals surface area contributed by atoms with E-state index in [-0.39, 0.29) is 5.91 Å². The minimum absolute atomic E-state index is 0.127. The standard InChI is InChI=1S/C15H14N8OS/c1-10-19-22-8-12(18-15(22)25-10)6-7-16-14(24)11-2-4-13(5-3-11)23-9-17-20-21-23/h2-5,8-9H,6-7H2,1H3,(H,16,24). The molecule has 0 aliphatic heterocycles. The van der Waals surface area contributed by atoms with E-state index in [9.17, 15) is 4.79 Å². The first kappa shape index (κ1) is 15.4. The van der Waals surface area contributed by atoms with Gasteiger partial charge in [-0.25, -0.2) is 14.2 Å². The van der Waals surface area contributed by atoms with Gasteiger partial charge in [-0.15, -0.1) is 5.10 Å². The van der Waals surface area contributed by atoms with Gasteiger partial charge in [-0.05, 0) is 41.6 Å². The number of benzene rings is 1. The van der Waals surface area contributed by atoms with Crippen molar-refractivity contribution in [2.45, 2.75) is 13.3 Å². The minimum Gasteiger partial charge on any atom is -0.352 e. The summed E-state index contributed by atoms with van der Waals surface area (Å²) in [5.41, 5.74) is 2.29. The highest BCUT2D eigenvalue weighted by atomic mass is 32.1. The molecule has 0 aliphatic rings. The van der Waals surface area contributed by atoms with E-state index < -0.39 is 0 Å².